The lowest BCUT2D eigenvalue weighted by molar-refractivity contribution is 0.0606. The predicted octanol–water partition coefficient (Wildman–Crippen LogP) is 5.10. The summed E-state index contributed by atoms with van der Waals surface area (Å²) in [6.45, 7) is 5.50. The Morgan fingerprint density at radius 3 is 1.94 bits per heavy atom. The van der Waals surface area contributed by atoms with Crippen LogP contribution in [0, 0.1) is 18.6 Å². The number of aliphatic hydroxyl groups is 1. The second-order valence-corrected chi connectivity index (χ2v) is 9.32. The van der Waals surface area contributed by atoms with Crippen LogP contribution in [0.15, 0.2) is 78.9 Å². The molecule has 1 aliphatic heterocycles. The van der Waals surface area contributed by atoms with E-state index in [-0.39, 0.29) is 17.7 Å². The first-order valence-corrected chi connectivity index (χ1v) is 12.3. The summed E-state index contributed by atoms with van der Waals surface area (Å²) in [7, 11) is 0. The fraction of sp³-hybridized carbons (Fsp3) is 0.276. The smallest absolute Gasteiger partial charge is 0.137 e. The van der Waals surface area contributed by atoms with Gasteiger partial charge in [0.05, 0.1) is 11.7 Å². The van der Waals surface area contributed by atoms with Gasteiger partial charge in [0, 0.05) is 44.0 Å². The first-order valence-electron chi connectivity index (χ1n) is 12.3. The molecule has 3 aromatic carbocycles. The number of rotatable bonds is 7. The van der Waals surface area contributed by atoms with E-state index in [4.69, 9.17) is 0 Å². The lowest BCUT2D eigenvalue weighted by Gasteiger charge is -2.40. The van der Waals surface area contributed by atoms with Crippen LogP contribution in [0.2, 0.25) is 0 Å². The van der Waals surface area contributed by atoms with Crippen molar-refractivity contribution >= 4 is 0 Å². The molecule has 0 radical (unpaired) electrons. The highest BCUT2D eigenvalue weighted by Crippen LogP contribution is 2.30. The third-order valence-corrected chi connectivity index (χ3v) is 6.86. The van der Waals surface area contributed by atoms with Crippen LogP contribution in [0.1, 0.15) is 34.7 Å². The van der Waals surface area contributed by atoms with Gasteiger partial charge in [-0.05, 0) is 42.3 Å². The van der Waals surface area contributed by atoms with E-state index < -0.39 is 6.10 Å². The molecule has 1 fully saturated rings. The van der Waals surface area contributed by atoms with Gasteiger partial charge < -0.3 is 10.1 Å². The molecule has 0 saturated carbocycles. The van der Waals surface area contributed by atoms with Crippen LogP contribution in [-0.4, -0.2) is 57.6 Å². The zero-order valence-electron chi connectivity index (χ0n) is 20.2. The molecule has 5 rings (SSSR count). The zero-order chi connectivity index (χ0) is 25.1. The van der Waals surface area contributed by atoms with E-state index in [0.29, 0.717) is 12.2 Å². The molecule has 5 nitrogen and oxygen atoms in total. The maximum Gasteiger partial charge on any atom is 0.137 e. The molecule has 7 heteroatoms. The van der Waals surface area contributed by atoms with Crippen molar-refractivity contribution in [3.63, 3.8) is 0 Å². The van der Waals surface area contributed by atoms with E-state index in [1.54, 1.807) is 24.3 Å². The number of hydrogen-bond donors (Lipinski definition) is 2. The second-order valence-electron chi connectivity index (χ2n) is 9.32. The highest BCUT2D eigenvalue weighted by molar-refractivity contribution is 5.55. The summed E-state index contributed by atoms with van der Waals surface area (Å²) in [4.78, 5) is 12.5. The summed E-state index contributed by atoms with van der Waals surface area (Å²) < 4.78 is 27.2. The molecule has 1 saturated heterocycles. The van der Waals surface area contributed by atoms with Crippen molar-refractivity contribution < 1.29 is 13.9 Å². The average Bonchev–Trinajstić information content (AvgIpc) is 3.30. The summed E-state index contributed by atoms with van der Waals surface area (Å²) in [5.41, 5.74) is 4.47. The molecule has 36 heavy (non-hydrogen) atoms. The lowest BCUT2D eigenvalue weighted by atomic mass is 9.96. The summed E-state index contributed by atoms with van der Waals surface area (Å²) in [5.74, 6) is 0.201. The zero-order valence-corrected chi connectivity index (χ0v) is 20.2. The van der Waals surface area contributed by atoms with E-state index in [1.807, 2.05) is 37.3 Å². The molecule has 0 bridgehead atoms. The Balaban J connectivity index is 1.26. The van der Waals surface area contributed by atoms with Gasteiger partial charge >= 0.3 is 0 Å². The Morgan fingerprint density at radius 1 is 0.833 bits per heavy atom. The standard InChI is InChI=1S/C29H30F2N4O/c1-20-27(33-29(32-20)23-5-3-2-4-6-23)26(36)19-34-15-17-35(18-16-34)28(21-7-11-24(30)12-8-21)22-9-13-25(31)14-10-22/h2-14,26,28,36H,15-19H2,1H3,(H,32,33). The number of hydrogen-bond acceptors (Lipinski definition) is 4. The largest absolute Gasteiger partial charge is 0.385 e. The maximum absolute atomic E-state index is 13.6. The number of imidazole rings is 1. The number of H-pyrrole nitrogens is 1. The van der Waals surface area contributed by atoms with Crippen molar-refractivity contribution in [2.45, 2.75) is 19.1 Å². The summed E-state index contributed by atoms with van der Waals surface area (Å²) in [6, 6.07) is 22.8. The quantitative estimate of drug-likeness (QED) is 0.380. The van der Waals surface area contributed by atoms with Gasteiger partial charge in [0.25, 0.3) is 0 Å². The number of aryl methyl sites for hydroxylation is 1. The van der Waals surface area contributed by atoms with Crippen molar-refractivity contribution in [1.29, 1.82) is 0 Å². The third kappa shape index (κ3) is 5.38. The number of aliphatic hydroxyl groups excluding tert-OH is 1. The number of nitrogens with one attached hydrogen (secondary N) is 1. The molecule has 0 amide bonds. The van der Waals surface area contributed by atoms with Gasteiger partial charge in [0.2, 0.25) is 0 Å². The van der Waals surface area contributed by atoms with Crippen LogP contribution < -0.4 is 0 Å². The molecule has 186 valence electrons. The molecule has 0 spiro atoms. The van der Waals surface area contributed by atoms with E-state index in [9.17, 15) is 13.9 Å². The van der Waals surface area contributed by atoms with Gasteiger partial charge in [-0.15, -0.1) is 0 Å². The maximum atomic E-state index is 13.6. The number of halogens is 2. The van der Waals surface area contributed by atoms with Crippen LogP contribution >= 0.6 is 0 Å². The monoisotopic (exact) mass is 488 g/mol. The van der Waals surface area contributed by atoms with E-state index >= 15 is 0 Å². The highest BCUT2D eigenvalue weighted by Gasteiger charge is 2.28. The van der Waals surface area contributed by atoms with Crippen molar-refractivity contribution in [2.24, 2.45) is 0 Å². The van der Waals surface area contributed by atoms with Crippen LogP contribution in [0.25, 0.3) is 11.4 Å². The van der Waals surface area contributed by atoms with Crippen LogP contribution in [-0.2, 0) is 0 Å². The van der Waals surface area contributed by atoms with Crippen LogP contribution in [0.4, 0.5) is 8.78 Å². The van der Waals surface area contributed by atoms with Gasteiger partial charge in [0.15, 0.2) is 0 Å². The number of nitrogens with zero attached hydrogens (tertiary/aromatic N) is 3. The van der Waals surface area contributed by atoms with E-state index in [1.165, 1.54) is 24.3 Å². The molecule has 2 heterocycles. The van der Waals surface area contributed by atoms with Gasteiger partial charge in [-0.25, -0.2) is 13.8 Å². The number of aromatic amines is 1. The molecule has 1 aliphatic rings. The number of benzene rings is 3. The van der Waals surface area contributed by atoms with Crippen molar-refractivity contribution in [1.82, 2.24) is 19.8 Å². The molecule has 2 N–H and O–H groups in total. The molecule has 1 aromatic heterocycles. The average molecular weight is 489 g/mol. The SMILES string of the molecule is Cc1[nH]c(-c2ccccc2)nc1C(O)CN1CCN(C(c2ccc(F)cc2)c2ccc(F)cc2)CC1. The lowest BCUT2D eigenvalue weighted by Crippen LogP contribution is -2.48. The van der Waals surface area contributed by atoms with Crippen molar-refractivity contribution in [3.8, 4) is 11.4 Å². The van der Waals surface area contributed by atoms with E-state index in [2.05, 4.69) is 19.8 Å². The summed E-state index contributed by atoms with van der Waals surface area (Å²) >= 11 is 0. The van der Waals surface area contributed by atoms with Gasteiger partial charge in [0.1, 0.15) is 23.6 Å². The Kier molecular flexibility index (Phi) is 7.23. The van der Waals surface area contributed by atoms with Gasteiger partial charge in [-0.3, -0.25) is 9.80 Å². The summed E-state index contributed by atoms with van der Waals surface area (Å²) in [6.07, 6.45) is -0.699. The molecule has 1 unspecified atom stereocenters. The normalized spacial score (nSPS) is 15.9. The fourth-order valence-electron chi connectivity index (χ4n) is 4.97. The topological polar surface area (TPSA) is 55.4 Å². The van der Waals surface area contributed by atoms with Crippen molar-refractivity contribution in [2.75, 3.05) is 32.7 Å². The highest BCUT2D eigenvalue weighted by atomic mass is 19.1. The molecular formula is C29H30F2N4O. The Morgan fingerprint density at radius 2 is 1.39 bits per heavy atom. The minimum Gasteiger partial charge on any atom is -0.385 e. The predicted molar refractivity (Wildman–Crippen MR) is 136 cm³/mol. The minimum atomic E-state index is -0.699. The summed E-state index contributed by atoms with van der Waals surface area (Å²) in [5, 5.41) is 11.0. The molecule has 4 aromatic rings. The molecule has 1 atom stereocenters. The number of aromatic nitrogens is 2. The van der Waals surface area contributed by atoms with E-state index in [0.717, 1.165) is 54.4 Å². The Bertz CT molecular complexity index is 1220. The second kappa shape index (κ2) is 10.7. The Hall–Kier alpha value is -3.39. The third-order valence-electron chi connectivity index (χ3n) is 6.86. The minimum absolute atomic E-state index is 0.0970. The van der Waals surface area contributed by atoms with Crippen LogP contribution in [0.3, 0.4) is 0 Å². The van der Waals surface area contributed by atoms with Crippen LogP contribution in [0.5, 0.6) is 0 Å². The van der Waals surface area contributed by atoms with Gasteiger partial charge in [-0.2, -0.15) is 0 Å². The Labute approximate surface area is 210 Å². The number of β-amino-alcohol motifs (C(OH)–C–C–N with tert-alkyl or cyclic N) is 1. The first-order chi connectivity index (χ1) is 17.5. The van der Waals surface area contributed by atoms with Crippen molar-refractivity contribution in [3.05, 3.63) is 113 Å². The molecular weight excluding hydrogens is 458 g/mol. The fourth-order valence-corrected chi connectivity index (χ4v) is 4.97. The first kappa shape index (κ1) is 24.3. The van der Waals surface area contributed by atoms with Gasteiger partial charge in [-0.1, -0.05) is 54.6 Å². The number of piperazine rings is 1. The molecule has 0 aliphatic carbocycles.